The van der Waals surface area contributed by atoms with Crippen LogP contribution < -0.4 is 10.4 Å². The molecule has 1 aliphatic carbocycles. The molecule has 122 valence electrons. The first-order valence-corrected chi connectivity index (χ1v) is 7.97. The molecular weight excluding hydrogens is 294 g/mol. The molecule has 1 aromatic heterocycles. The van der Waals surface area contributed by atoms with Crippen molar-refractivity contribution in [1.82, 2.24) is 15.3 Å². The number of amides is 1. The largest absolute Gasteiger partial charge is 0.550 e. The number of imidazole rings is 1. The van der Waals surface area contributed by atoms with Crippen LogP contribution in [0.2, 0.25) is 0 Å². The van der Waals surface area contributed by atoms with E-state index in [0.29, 0.717) is 12.4 Å². The maximum absolute atomic E-state index is 12.2. The van der Waals surface area contributed by atoms with E-state index >= 15 is 0 Å². The van der Waals surface area contributed by atoms with Crippen LogP contribution >= 0.6 is 0 Å². The standard InChI is InChI=1S/C17H21N3O3/c21-15(9-17(10-16(22)23)7-3-4-8-17)18-11-14-19-12-5-1-2-6-13(12)20-14/h1-2,5-6H,3-4,7-11H2,(H,18,21)(H,19,20)(H,22,23)/p-1. The van der Waals surface area contributed by atoms with Gasteiger partial charge in [-0.2, -0.15) is 0 Å². The van der Waals surface area contributed by atoms with E-state index in [1.54, 1.807) is 0 Å². The topological polar surface area (TPSA) is 97.9 Å². The van der Waals surface area contributed by atoms with E-state index in [1.807, 2.05) is 24.3 Å². The van der Waals surface area contributed by atoms with Crippen molar-refractivity contribution < 1.29 is 14.7 Å². The van der Waals surface area contributed by atoms with Gasteiger partial charge in [0.15, 0.2) is 0 Å². The van der Waals surface area contributed by atoms with Crippen LogP contribution in [0.25, 0.3) is 11.0 Å². The number of aromatic nitrogens is 2. The summed E-state index contributed by atoms with van der Waals surface area (Å²) in [6.07, 6.45) is 3.71. The Morgan fingerprint density at radius 3 is 2.65 bits per heavy atom. The van der Waals surface area contributed by atoms with Gasteiger partial charge in [0.25, 0.3) is 0 Å². The summed E-state index contributed by atoms with van der Waals surface area (Å²) in [6, 6.07) is 7.67. The van der Waals surface area contributed by atoms with Crippen molar-refractivity contribution in [3.8, 4) is 0 Å². The summed E-state index contributed by atoms with van der Waals surface area (Å²) in [5, 5.41) is 13.8. The van der Waals surface area contributed by atoms with Crippen molar-refractivity contribution in [2.75, 3.05) is 0 Å². The highest BCUT2D eigenvalue weighted by molar-refractivity contribution is 5.78. The molecule has 0 aliphatic heterocycles. The molecule has 0 unspecified atom stereocenters. The first kappa shape index (κ1) is 15.5. The summed E-state index contributed by atoms with van der Waals surface area (Å²) in [7, 11) is 0. The molecule has 1 amide bonds. The van der Waals surface area contributed by atoms with Crippen LogP contribution in [0, 0.1) is 5.41 Å². The van der Waals surface area contributed by atoms with Gasteiger partial charge in [-0.15, -0.1) is 0 Å². The number of carbonyl (C=O) groups is 2. The fraction of sp³-hybridized carbons (Fsp3) is 0.471. The number of para-hydroxylation sites is 2. The molecule has 6 nitrogen and oxygen atoms in total. The zero-order chi connectivity index (χ0) is 16.3. The van der Waals surface area contributed by atoms with E-state index in [1.165, 1.54) is 0 Å². The minimum absolute atomic E-state index is 0.0366. The molecule has 0 spiro atoms. The maximum Gasteiger partial charge on any atom is 0.220 e. The third-order valence-electron chi connectivity index (χ3n) is 4.61. The molecule has 0 saturated heterocycles. The van der Waals surface area contributed by atoms with E-state index in [9.17, 15) is 14.7 Å². The summed E-state index contributed by atoms with van der Waals surface area (Å²) in [4.78, 5) is 30.7. The fourth-order valence-electron chi connectivity index (χ4n) is 3.52. The average Bonchev–Trinajstić information content (AvgIpc) is 3.10. The smallest absolute Gasteiger partial charge is 0.220 e. The molecule has 2 aromatic rings. The van der Waals surface area contributed by atoms with Crippen molar-refractivity contribution in [2.45, 2.75) is 45.1 Å². The molecule has 1 heterocycles. The third kappa shape index (κ3) is 3.70. The molecule has 0 atom stereocenters. The number of carbonyl (C=O) groups excluding carboxylic acids is 2. The minimum atomic E-state index is -1.07. The first-order valence-electron chi connectivity index (χ1n) is 7.97. The van der Waals surface area contributed by atoms with E-state index in [0.717, 1.165) is 36.7 Å². The van der Waals surface area contributed by atoms with Crippen LogP contribution in [0.15, 0.2) is 24.3 Å². The number of carboxylic acids is 1. The Morgan fingerprint density at radius 1 is 1.22 bits per heavy atom. The van der Waals surface area contributed by atoms with E-state index < -0.39 is 11.4 Å². The van der Waals surface area contributed by atoms with E-state index in [-0.39, 0.29) is 18.7 Å². The van der Waals surface area contributed by atoms with Gasteiger partial charge in [-0.25, -0.2) is 4.98 Å². The molecule has 6 heteroatoms. The Kier molecular flexibility index (Phi) is 4.32. The Morgan fingerprint density at radius 2 is 1.96 bits per heavy atom. The van der Waals surface area contributed by atoms with E-state index in [4.69, 9.17) is 0 Å². The van der Waals surface area contributed by atoms with Gasteiger partial charge in [0.05, 0.1) is 17.6 Å². The first-order chi connectivity index (χ1) is 11.1. The Hall–Kier alpha value is -2.37. The van der Waals surface area contributed by atoms with Crippen molar-refractivity contribution in [1.29, 1.82) is 0 Å². The lowest BCUT2D eigenvalue weighted by atomic mass is 9.79. The van der Waals surface area contributed by atoms with Gasteiger partial charge in [0.1, 0.15) is 5.82 Å². The number of aliphatic carboxylic acids is 1. The summed E-state index contributed by atoms with van der Waals surface area (Å²) in [5.74, 6) is -0.509. The zero-order valence-electron chi connectivity index (χ0n) is 12.9. The second kappa shape index (κ2) is 6.40. The summed E-state index contributed by atoms with van der Waals surface area (Å²) in [5.41, 5.74) is 1.36. The molecule has 0 radical (unpaired) electrons. The van der Waals surface area contributed by atoms with Gasteiger partial charge in [0.2, 0.25) is 5.91 Å². The second-order valence-corrected chi connectivity index (χ2v) is 6.41. The van der Waals surface area contributed by atoms with E-state index in [2.05, 4.69) is 15.3 Å². The molecule has 1 aliphatic rings. The predicted molar refractivity (Wildman–Crippen MR) is 83.1 cm³/mol. The predicted octanol–water partition coefficient (Wildman–Crippen LogP) is 1.27. The highest BCUT2D eigenvalue weighted by Gasteiger charge is 2.35. The maximum atomic E-state index is 12.2. The van der Waals surface area contributed by atoms with Gasteiger partial charge >= 0.3 is 0 Å². The van der Waals surface area contributed by atoms with Crippen molar-refractivity contribution in [2.24, 2.45) is 5.41 Å². The lowest BCUT2D eigenvalue weighted by Crippen LogP contribution is -2.35. The number of hydrogen-bond donors (Lipinski definition) is 2. The van der Waals surface area contributed by atoms with Crippen molar-refractivity contribution >= 4 is 22.9 Å². The Bertz CT molecular complexity index is 684. The highest BCUT2D eigenvalue weighted by Crippen LogP contribution is 2.43. The summed E-state index contributed by atoms with van der Waals surface area (Å²) in [6.45, 7) is 0.314. The molecule has 1 aromatic carbocycles. The number of rotatable bonds is 6. The monoisotopic (exact) mass is 314 g/mol. The minimum Gasteiger partial charge on any atom is -0.550 e. The molecule has 2 N–H and O–H groups in total. The lowest BCUT2D eigenvalue weighted by molar-refractivity contribution is -0.308. The number of hydrogen-bond acceptors (Lipinski definition) is 4. The van der Waals surface area contributed by atoms with Gasteiger partial charge in [-0.05, 0) is 36.8 Å². The van der Waals surface area contributed by atoms with Crippen molar-refractivity contribution in [3.05, 3.63) is 30.1 Å². The third-order valence-corrected chi connectivity index (χ3v) is 4.61. The van der Waals surface area contributed by atoms with Crippen molar-refractivity contribution in [3.63, 3.8) is 0 Å². The number of H-pyrrole nitrogens is 1. The second-order valence-electron chi connectivity index (χ2n) is 6.41. The van der Waals surface area contributed by atoms with Gasteiger partial charge in [-0.3, -0.25) is 4.79 Å². The molecule has 0 bridgehead atoms. The number of nitrogens with zero attached hydrogens (tertiary/aromatic N) is 1. The molecule has 1 saturated carbocycles. The summed E-state index contributed by atoms with van der Waals surface area (Å²) < 4.78 is 0. The number of carboxylic acid groups (broad SMARTS) is 1. The molecule has 3 rings (SSSR count). The zero-order valence-corrected chi connectivity index (χ0v) is 12.9. The van der Waals surface area contributed by atoms with Gasteiger partial charge < -0.3 is 20.2 Å². The number of fused-ring (bicyclic) bond motifs is 1. The van der Waals surface area contributed by atoms with Crippen LogP contribution in [0.3, 0.4) is 0 Å². The van der Waals surface area contributed by atoms with Crippen LogP contribution in [0.1, 0.15) is 44.3 Å². The lowest BCUT2D eigenvalue weighted by Gasteiger charge is -2.28. The fourth-order valence-corrected chi connectivity index (χ4v) is 3.52. The van der Waals surface area contributed by atoms with Crippen LogP contribution in [0.4, 0.5) is 0 Å². The normalized spacial score (nSPS) is 16.5. The Balaban J connectivity index is 1.59. The SMILES string of the molecule is O=C([O-])CC1(CC(=O)NCc2nc3ccccc3[nH]2)CCCC1. The number of benzene rings is 1. The molecule has 23 heavy (non-hydrogen) atoms. The molecule has 1 fully saturated rings. The summed E-state index contributed by atoms with van der Waals surface area (Å²) >= 11 is 0. The van der Waals surface area contributed by atoms with Crippen LogP contribution in [-0.2, 0) is 16.1 Å². The quantitative estimate of drug-likeness (QED) is 0.839. The highest BCUT2D eigenvalue weighted by atomic mass is 16.4. The molecular formula is C17H20N3O3-. The van der Waals surface area contributed by atoms with Gasteiger partial charge in [0, 0.05) is 12.4 Å². The van der Waals surface area contributed by atoms with Crippen LogP contribution in [0.5, 0.6) is 0 Å². The average molecular weight is 314 g/mol. The van der Waals surface area contributed by atoms with Gasteiger partial charge in [-0.1, -0.05) is 25.0 Å². The number of nitrogens with one attached hydrogen (secondary N) is 2. The Labute approximate surface area is 134 Å². The number of aromatic amines is 1. The van der Waals surface area contributed by atoms with Crippen LogP contribution in [-0.4, -0.2) is 21.8 Å².